The number of nitriles is 1. The second kappa shape index (κ2) is 8.15. The average Bonchev–Trinajstić information content (AvgIpc) is 2.91. The number of rotatable bonds is 7. The topological polar surface area (TPSA) is 81.3 Å². The maximum atomic E-state index is 12.5. The number of carbonyl (C=O) groups is 2. The number of ketones is 1. The zero-order chi connectivity index (χ0) is 18.4. The lowest BCUT2D eigenvalue weighted by molar-refractivity contribution is -0.140. The molecule has 0 bridgehead atoms. The summed E-state index contributed by atoms with van der Waals surface area (Å²) in [5.41, 5.74) is 2.74. The molecule has 0 aliphatic rings. The fraction of sp³-hybridized carbons (Fsp3) is 0.316. The summed E-state index contributed by atoms with van der Waals surface area (Å²) in [6, 6.07) is 10.5. The van der Waals surface area contributed by atoms with Crippen molar-refractivity contribution in [3.8, 4) is 11.8 Å². The van der Waals surface area contributed by atoms with Crippen LogP contribution < -0.4 is 4.74 Å². The normalized spacial score (nSPS) is 10.2. The van der Waals surface area contributed by atoms with Crippen molar-refractivity contribution in [2.45, 2.75) is 26.8 Å². The summed E-state index contributed by atoms with van der Waals surface area (Å²) < 4.78 is 12.1. The number of esters is 1. The lowest BCUT2D eigenvalue weighted by Crippen LogP contribution is -2.14. The van der Waals surface area contributed by atoms with Gasteiger partial charge in [-0.2, -0.15) is 5.26 Å². The van der Waals surface area contributed by atoms with Crippen LogP contribution in [0.3, 0.4) is 0 Å². The first kappa shape index (κ1) is 18.3. The van der Waals surface area contributed by atoms with Crippen molar-refractivity contribution < 1.29 is 19.1 Å². The van der Waals surface area contributed by atoms with Gasteiger partial charge in [0.05, 0.1) is 25.2 Å². The number of Topliss-reactive ketones (excluding diaryl/α,β-unsaturated/α-hetero) is 1. The fourth-order valence-corrected chi connectivity index (χ4v) is 2.61. The van der Waals surface area contributed by atoms with Crippen molar-refractivity contribution in [1.82, 2.24) is 4.57 Å². The van der Waals surface area contributed by atoms with E-state index in [-0.39, 0.29) is 24.8 Å². The zero-order valence-corrected chi connectivity index (χ0v) is 14.5. The standard InChI is InChI=1S/C19H20N2O4/c1-13-9-17(14(2)21(13)8-7-19(23)24-3)18(22)12-25-16-6-4-5-15(10-16)11-20/h4-6,9-10H,7-8,12H2,1-3H3. The molecule has 1 aromatic carbocycles. The van der Waals surface area contributed by atoms with Crippen molar-refractivity contribution in [2.75, 3.05) is 13.7 Å². The number of nitrogens with zero attached hydrogens (tertiary/aromatic N) is 2. The van der Waals surface area contributed by atoms with Crippen LogP contribution in [-0.2, 0) is 16.1 Å². The number of carbonyl (C=O) groups excluding carboxylic acids is 2. The number of hydrogen-bond donors (Lipinski definition) is 0. The van der Waals surface area contributed by atoms with E-state index < -0.39 is 0 Å². The van der Waals surface area contributed by atoms with E-state index in [2.05, 4.69) is 4.74 Å². The molecule has 0 amide bonds. The minimum Gasteiger partial charge on any atom is -0.485 e. The third-order valence-corrected chi connectivity index (χ3v) is 3.97. The van der Waals surface area contributed by atoms with Crippen molar-refractivity contribution in [2.24, 2.45) is 0 Å². The summed E-state index contributed by atoms with van der Waals surface area (Å²) in [6.45, 7) is 4.07. The smallest absolute Gasteiger partial charge is 0.307 e. The molecule has 2 aromatic rings. The van der Waals surface area contributed by atoms with Crippen LogP contribution in [0.4, 0.5) is 0 Å². The Kier molecular flexibility index (Phi) is 5.96. The maximum Gasteiger partial charge on any atom is 0.307 e. The minimum absolute atomic E-state index is 0.115. The number of aryl methyl sites for hydroxylation is 1. The monoisotopic (exact) mass is 340 g/mol. The molecule has 0 aliphatic heterocycles. The number of ether oxygens (including phenoxy) is 2. The molecule has 0 N–H and O–H groups in total. The van der Waals surface area contributed by atoms with Gasteiger partial charge in [-0.05, 0) is 38.1 Å². The number of methoxy groups -OCH3 is 1. The highest BCUT2D eigenvalue weighted by molar-refractivity contribution is 5.98. The Morgan fingerprint density at radius 2 is 2.00 bits per heavy atom. The van der Waals surface area contributed by atoms with E-state index in [1.54, 1.807) is 30.3 Å². The van der Waals surface area contributed by atoms with Crippen molar-refractivity contribution in [3.05, 3.63) is 52.8 Å². The number of benzene rings is 1. The Labute approximate surface area is 146 Å². The molecule has 0 saturated heterocycles. The molecule has 2 rings (SSSR count). The van der Waals surface area contributed by atoms with Gasteiger partial charge in [-0.3, -0.25) is 9.59 Å². The van der Waals surface area contributed by atoms with Gasteiger partial charge in [-0.15, -0.1) is 0 Å². The summed E-state index contributed by atoms with van der Waals surface area (Å²) >= 11 is 0. The summed E-state index contributed by atoms with van der Waals surface area (Å²) in [5.74, 6) is 0.0350. The zero-order valence-electron chi connectivity index (χ0n) is 14.5. The Balaban J connectivity index is 2.06. The van der Waals surface area contributed by atoms with Crippen molar-refractivity contribution in [3.63, 3.8) is 0 Å². The SMILES string of the molecule is COC(=O)CCn1c(C)cc(C(=O)COc2cccc(C#N)c2)c1C. The number of hydrogen-bond acceptors (Lipinski definition) is 5. The Bertz CT molecular complexity index is 830. The molecule has 6 nitrogen and oxygen atoms in total. The molecule has 0 saturated carbocycles. The van der Waals surface area contributed by atoms with Crippen LogP contribution in [0, 0.1) is 25.2 Å². The molecule has 1 heterocycles. The lowest BCUT2D eigenvalue weighted by atomic mass is 10.1. The highest BCUT2D eigenvalue weighted by Gasteiger charge is 2.17. The van der Waals surface area contributed by atoms with Crippen LogP contribution in [0.25, 0.3) is 0 Å². The first-order valence-electron chi connectivity index (χ1n) is 7.86. The van der Waals surface area contributed by atoms with Gasteiger partial charge in [-0.25, -0.2) is 0 Å². The van der Waals surface area contributed by atoms with Gasteiger partial charge in [0, 0.05) is 23.5 Å². The minimum atomic E-state index is -0.291. The molecule has 0 radical (unpaired) electrons. The van der Waals surface area contributed by atoms with Crippen LogP contribution in [0.2, 0.25) is 0 Å². The van der Waals surface area contributed by atoms with E-state index in [1.165, 1.54) is 7.11 Å². The maximum absolute atomic E-state index is 12.5. The molecule has 6 heteroatoms. The van der Waals surface area contributed by atoms with E-state index in [9.17, 15) is 9.59 Å². The quantitative estimate of drug-likeness (QED) is 0.572. The van der Waals surface area contributed by atoms with Crippen LogP contribution >= 0.6 is 0 Å². The lowest BCUT2D eigenvalue weighted by Gasteiger charge is -2.09. The van der Waals surface area contributed by atoms with Gasteiger partial charge >= 0.3 is 5.97 Å². The van der Waals surface area contributed by atoms with Gasteiger partial charge in [0.1, 0.15) is 5.75 Å². The van der Waals surface area contributed by atoms with Crippen molar-refractivity contribution in [1.29, 1.82) is 5.26 Å². The third-order valence-electron chi connectivity index (χ3n) is 3.97. The summed E-state index contributed by atoms with van der Waals surface area (Å²) in [7, 11) is 1.35. The van der Waals surface area contributed by atoms with Crippen LogP contribution in [0.15, 0.2) is 30.3 Å². The first-order chi connectivity index (χ1) is 12.0. The highest BCUT2D eigenvalue weighted by atomic mass is 16.5. The van der Waals surface area contributed by atoms with Crippen LogP contribution in [0.1, 0.15) is 33.7 Å². The molecule has 0 aliphatic carbocycles. The highest BCUT2D eigenvalue weighted by Crippen LogP contribution is 2.18. The predicted octanol–water partition coefficient (Wildman–Crippen LogP) is 2.80. The van der Waals surface area contributed by atoms with Crippen LogP contribution in [-0.4, -0.2) is 30.0 Å². The molecule has 0 fully saturated rings. The molecular weight excluding hydrogens is 320 g/mol. The number of aromatic nitrogens is 1. The van der Waals surface area contributed by atoms with Gasteiger partial charge < -0.3 is 14.0 Å². The molecule has 0 unspecified atom stereocenters. The van der Waals surface area contributed by atoms with Crippen molar-refractivity contribution >= 4 is 11.8 Å². The largest absolute Gasteiger partial charge is 0.485 e. The Morgan fingerprint density at radius 3 is 2.68 bits per heavy atom. The van der Waals surface area contributed by atoms with E-state index in [1.807, 2.05) is 24.5 Å². The molecule has 1 aromatic heterocycles. The molecular formula is C19H20N2O4. The van der Waals surface area contributed by atoms with Gasteiger partial charge in [0.25, 0.3) is 0 Å². The summed E-state index contributed by atoms with van der Waals surface area (Å²) in [6.07, 6.45) is 0.248. The Morgan fingerprint density at radius 1 is 1.24 bits per heavy atom. The van der Waals surface area contributed by atoms with E-state index in [0.29, 0.717) is 23.4 Å². The predicted molar refractivity (Wildman–Crippen MR) is 91.5 cm³/mol. The third kappa shape index (κ3) is 4.48. The average molecular weight is 340 g/mol. The molecule has 130 valence electrons. The second-order valence-electron chi connectivity index (χ2n) is 5.61. The molecule has 0 atom stereocenters. The summed E-state index contributed by atoms with van der Waals surface area (Å²) in [4.78, 5) is 23.8. The summed E-state index contributed by atoms with van der Waals surface area (Å²) in [5, 5.41) is 8.89. The van der Waals surface area contributed by atoms with E-state index in [0.717, 1.165) is 11.4 Å². The van der Waals surface area contributed by atoms with Gasteiger partial charge in [0.15, 0.2) is 6.61 Å². The fourth-order valence-electron chi connectivity index (χ4n) is 2.61. The van der Waals surface area contributed by atoms with Crippen LogP contribution in [0.5, 0.6) is 5.75 Å². The molecule has 0 spiro atoms. The second-order valence-corrected chi connectivity index (χ2v) is 5.61. The van der Waals surface area contributed by atoms with E-state index in [4.69, 9.17) is 10.00 Å². The Hall–Kier alpha value is -3.07. The van der Waals surface area contributed by atoms with Gasteiger partial charge in [-0.1, -0.05) is 6.07 Å². The molecule has 25 heavy (non-hydrogen) atoms. The van der Waals surface area contributed by atoms with E-state index >= 15 is 0 Å². The first-order valence-corrected chi connectivity index (χ1v) is 7.86. The van der Waals surface area contributed by atoms with Gasteiger partial charge in [0.2, 0.25) is 5.78 Å².